The average Bonchev–Trinajstić information content (AvgIpc) is 2.31. The molecule has 0 aromatic carbocycles. The molecule has 26 heavy (non-hydrogen) atoms. The molecule has 0 aliphatic rings. The molecule has 0 aromatic rings. The quantitative estimate of drug-likeness (QED) is 0.365. The third-order valence-corrected chi connectivity index (χ3v) is 1.03. The number of unbranched alkanes of at least 4 members (excludes halogenated alkanes) is 1. The maximum absolute atomic E-state index is 9.90. The second-order valence-electron chi connectivity index (χ2n) is 4.07. The maximum atomic E-state index is 9.90. The minimum Gasteiger partial charge on any atom is -0.481 e. The molecule has 0 radical (unpaired) electrons. The summed E-state index contributed by atoms with van der Waals surface area (Å²) in [6.45, 7) is 4.33. The Labute approximate surface area is 149 Å². The Balaban J connectivity index is -0.0000000776. The van der Waals surface area contributed by atoms with Gasteiger partial charge in [0.2, 0.25) is 0 Å². The van der Waals surface area contributed by atoms with Gasteiger partial charge in [0.1, 0.15) is 0 Å². The van der Waals surface area contributed by atoms with Gasteiger partial charge < -0.3 is 30.6 Å². The highest BCUT2D eigenvalue weighted by Gasteiger charge is 1.99. The summed E-state index contributed by atoms with van der Waals surface area (Å²) < 4.78 is 0. The Hall–Kier alpha value is -3.18. The molecular weight excluding hydrogens is 360 g/mol. The lowest BCUT2D eigenvalue weighted by atomic mass is 10.2. The molecule has 0 amide bonds. The molecule has 0 aliphatic heterocycles. The fourth-order valence-electron chi connectivity index (χ4n) is 0.552. The number of carboxylic acids is 6. The van der Waals surface area contributed by atoms with Gasteiger partial charge in [0, 0.05) is 40.5 Å². The van der Waals surface area contributed by atoms with Gasteiger partial charge in [0.25, 0.3) is 23.9 Å². The SMILES string of the molecule is CC(=O)O.CC(=O)O.CC(=O)O.CC(=O)O.O=C(O)CCCCC(=O)O. The van der Waals surface area contributed by atoms with Gasteiger partial charge in [-0.3, -0.25) is 28.8 Å². The topological polar surface area (TPSA) is 224 Å². The lowest BCUT2D eigenvalue weighted by Gasteiger charge is -1.92. The van der Waals surface area contributed by atoms with Crippen LogP contribution in [0.15, 0.2) is 0 Å². The molecule has 0 spiro atoms. The zero-order chi connectivity index (χ0) is 22.3. The smallest absolute Gasteiger partial charge is 0.303 e. The summed E-state index contributed by atoms with van der Waals surface area (Å²) in [6, 6.07) is 0. The zero-order valence-electron chi connectivity index (χ0n) is 15.0. The molecule has 0 heterocycles. The van der Waals surface area contributed by atoms with Crippen LogP contribution in [0.1, 0.15) is 53.4 Å². The Morgan fingerprint density at radius 2 is 0.577 bits per heavy atom. The van der Waals surface area contributed by atoms with Gasteiger partial charge in [-0.2, -0.15) is 0 Å². The van der Waals surface area contributed by atoms with Crippen molar-refractivity contribution in [2.75, 3.05) is 0 Å². The van der Waals surface area contributed by atoms with Crippen molar-refractivity contribution < 1.29 is 59.4 Å². The van der Waals surface area contributed by atoms with E-state index in [4.69, 9.17) is 49.8 Å². The predicted molar refractivity (Wildman–Crippen MR) is 87.0 cm³/mol. The van der Waals surface area contributed by atoms with Crippen LogP contribution in [-0.4, -0.2) is 66.5 Å². The number of aliphatic carboxylic acids is 6. The molecular formula is C14H26O12. The fourth-order valence-corrected chi connectivity index (χ4v) is 0.552. The summed E-state index contributed by atoms with van der Waals surface area (Å²) in [5.74, 6) is -5.07. The van der Waals surface area contributed by atoms with E-state index in [1.807, 2.05) is 0 Å². The van der Waals surface area contributed by atoms with Crippen LogP contribution >= 0.6 is 0 Å². The normalized spacial score (nSPS) is 7.38. The molecule has 0 aliphatic carbocycles. The predicted octanol–water partition coefficient (Wildman–Crippen LogP) is 1.08. The third-order valence-electron chi connectivity index (χ3n) is 1.03. The third kappa shape index (κ3) is 560. The molecule has 0 unspecified atom stereocenters. The van der Waals surface area contributed by atoms with E-state index in [1.165, 1.54) is 0 Å². The summed E-state index contributed by atoms with van der Waals surface area (Å²) >= 11 is 0. The zero-order valence-corrected chi connectivity index (χ0v) is 15.0. The number of carbonyl (C=O) groups is 6. The van der Waals surface area contributed by atoms with Crippen LogP contribution in [0, 0.1) is 0 Å². The van der Waals surface area contributed by atoms with Crippen molar-refractivity contribution in [3.63, 3.8) is 0 Å². The van der Waals surface area contributed by atoms with Crippen molar-refractivity contribution in [2.45, 2.75) is 53.4 Å². The van der Waals surface area contributed by atoms with Crippen LogP contribution in [-0.2, 0) is 28.8 Å². The minimum absolute atomic E-state index is 0.0628. The van der Waals surface area contributed by atoms with E-state index in [2.05, 4.69) is 0 Å². The van der Waals surface area contributed by atoms with E-state index < -0.39 is 35.8 Å². The van der Waals surface area contributed by atoms with E-state index in [9.17, 15) is 9.59 Å². The monoisotopic (exact) mass is 386 g/mol. The van der Waals surface area contributed by atoms with Crippen LogP contribution in [0.4, 0.5) is 0 Å². The van der Waals surface area contributed by atoms with Crippen molar-refractivity contribution in [1.82, 2.24) is 0 Å². The van der Waals surface area contributed by atoms with Gasteiger partial charge in [0.15, 0.2) is 0 Å². The Bertz CT molecular complexity index is 348. The van der Waals surface area contributed by atoms with Gasteiger partial charge in [0.05, 0.1) is 0 Å². The standard InChI is InChI=1S/C6H10O4.4C2H4O2/c7-5(8)3-1-2-4-6(9)10;4*1-2(3)4/h1-4H2,(H,7,8)(H,9,10);4*1H3,(H,3,4). The van der Waals surface area contributed by atoms with Gasteiger partial charge >= 0.3 is 11.9 Å². The molecule has 0 saturated heterocycles. The van der Waals surface area contributed by atoms with E-state index in [1.54, 1.807) is 0 Å². The first kappa shape index (κ1) is 34.2. The molecule has 12 nitrogen and oxygen atoms in total. The fraction of sp³-hybridized carbons (Fsp3) is 0.571. The average molecular weight is 386 g/mol. The summed E-state index contributed by atoms with van der Waals surface area (Å²) in [5, 5.41) is 45.9. The van der Waals surface area contributed by atoms with E-state index in [0.29, 0.717) is 12.8 Å². The summed E-state index contributed by atoms with van der Waals surface area (Å²) in [7, 11) is 0. The van der Waals surface area contributed by atoms with Crippen molar-refractivity contribution >= 4 is 35.8 Å². The van der Waals surface area contributed by atoms with E-state index >= 15 is 0 Å². The summed E-state index contributed by atoms with van der Waals surface area (Å²) in [5.41, 5.74) is 0. The summed E-state index contributed by atoms with van der Waals surface area (Å²) in [4.78, 5) is 55.8. The van der Waals surface area contributed by atoms with Crippen molar-refractivity contribution in [3.8, 4) is 0 Å². The molecule has 154 valence electrons. The van der Waals surface area contributed by atoms with Gasteiger partial charge in [-0.25, -0.2) is 0 Å². The van der Waals surface area contributed by atoms with Gasteiger partial charge in [-0.15, -0.1) is 0 Å². The number of hydrogen-bond acceptors (Lipinski definition) is 6. The van der Waals surface area contributed by atoms with Crippen LogP contribution < -0.4 is 0 Å². The van der Waals surface area contributed by atoms with Crippen molar-refractivity contribution in [3.05, 3.63) is 0 Å². The lowest BCUT2D eigenvalue weighted by Crippen LogP contribution is -1.97. The molecule has 0 saturated carbocycles. The summed E-state index contributed by atoms with van der Waals surface area (Å²) in [6.07, 6.45) is 1.02. The Morgan fingerprint density at radius 1 is 0.462 bits per heavy atom. The van der Waals surface area contributed by atoms with Crippen molar-refractivity contribution in [1.29, 1.82) is 0 Å². The second-order valence-corrected chi connectivity index (χ2v) is 4.07. The van der Waals surface area contributed by atoms with Crippen LogP contribution in [0.2, 0.25) is 0 Å². The minimum atomic E-state index is -0.870. The molecule has 12 heteroatoms. The van der Waals surface area contributed by atoms with Crippen molar-refractivity contribution in [2.24, 2.45) is 0 Å². The van der Waals surface area contributed by atoms with Gasteiger partial charge in [-0.1, -0.05) is 0 Å². The van der Waals surface area contributed by atoms with Gasteiger partial charge in [-0.05, 0) is 12.8 Å². The molecule has 6 N–H and O–H groups in total. The highest BCUT2D eigenvalue weighted by atomic mass is 16.4. The molecule has 0 bridgehead atoms. The van der Waals surface area contributed by atoms with Crippen LogP contribution in [0.25, 0.3) is 0 Å². The maximum Gasteiger partial charge on any atom is 0.303 e. The van der Waals surface area contributed by atoms with Crippen LogP contribution in [0.3, 0.4) is 0 Å². The highest BCUT2D eigenvalue weighted by molar-refractivity contribution is 5.68. The first-order valence-corrected chi connectivity index (χ1v) is 6.77. The largest absolute Gasteiger partial charge is 0.481 e. The van der Waals surface area contributed by atoms with E-state index in [0.717, 1.165) is 27.7 Å². The first-order valence-electron chi connectivity index (χ1n) is 6.77. The Kier molecular flexibility index (Phi) is 35.1. The van der Waals surface area contributed by atoms with Crippen LogP contribution in [0.5, 0.6) is 0 Å². The molecule has 0 rings (SSSR count). The highest BCUT2D eigenvalue weighted by Crippen LogP contribution is 1.98. The second kappa shape index (κ2) is 26.7. The lowest BCUT2D eigenvalue weighted by molar-refractivity contribution is -0.139. The number of rotatable bonds is 5. The molecule has 0 fully saturated rings. The molecule has 0 atom stereocenters. The molecule has 0 aromatic heterocycles. The first-order chi connectivity index (χ1) is 11.6. The number of hydrogen-bond donors (Lipinski definition) is 6. The van der Waals surface area contributed by atoms with E-state index in [-0.39, 0.29) is 12.8 Å². The Morgan fingerprint density at radius 3 is 0.654 bits per heavy atom. The number of carboxylic acid groups (broad SMARTS) is 6.